The van der Waals surface area contributed by atoms with Gasteiger partial charge in [0.2, 0.25) is 0 Å². The monoisotopic (exact) mass is 433 g/mol. The molecule has 1 aliphatic heterocycles. The molecule has 1 amide bonds. The third-order valence-electron chi connectivity index (χ3n) is 5.20. The number of amides is 1. The van der Waals surface area contributed by atoms with Crippen LogP contribution >= 0.6 is 0 Å². The van der Waals surface area contributed by atoms with Crippen LogP contribution in [-0.2, 0) is 9.59 Å². The van der Waals surface area contributed by atoms with Crippen molar-refractivity contribution in [2.45, 2.75) is 13.0 Å². The van der Waals surface area contributed by atoms with Gasteiger partial charge in [0.15, 0.2) is 0 Å². The van der Waals surface area contributed by atoms with Gasteiger partial charge in [0, 0.05) is 11.3 Å². The number of phenols is 1. The van der Waals surface area contributed by atoms with E-state index in [0.717, 1.165) is 0 Å². The number of ketones is 1. The predicted molar refractivity (Wildman–Crippen MR) is 117 cm³/mol. The normalized spacial score (nSPS) is 17.6. The molecule has 3 aromatic carbocycles. The average Bonchev–Trinajstić information content (AvgIpc) is 3.06. The van der Waals surface area contributed by atoms with Crippen molar-refractivity contribution in [2.75, 3.05) is 11.5 Å². The number of phenolic OH excluding ortho intramolecular Hbond substituents is 1. The molecule has 0 aliphatic carbocycles. The van der Waals surface area contributed by atoms with Crippen molar-refractivity contribution in [2.24, 2.45) is 0 Å². The number of hydrogen-bond acceptors (Lipinski definition) is 5. The highest BCUT2D eigenvalue weighted by atomic mass is 19.1. The molecule has 0 aromatic heterocycles. The summed E-state index contributed by atoms with van der Waals surface area (Å²) in [5, 5.41) is 20.7. The minimum absolute atomic E-state index is 0.0130. The molecule has 1 saturated heterocycles. The van der Waals surface area contributed by atoms with E-state index < -0.39 is 23.5 Å². The number of aromatic hydroxyl groups is 1. The lowest BCUT2D eigenvalue weighted by atomic mass is 9.95. The van der Waals surface area contributed by atoms with Crippen molar-refractivity contribution < 1.29 is 28.9 Å². The topological polar surface area (TPSA) is 87.1 Å². The van der Waals surface area contributed by atoms with E-state index in [1.807, 2.05) is 6.92 Å². The Kier molecular flexibility index (Phi) is 5.64. The second-order valence-corrected chi connectivity index (χ2v) is 7.19. The molecule has 1 fully saturated rings. The van der Waals surface area contributed by atoms with Crippen LogP contribution in [0.4, 0.5) is 10.1 Å². The number of benzene rings is 3. The number of carbonyl (C=O) groups is 2. The number of anilines is 1. The summed E-state index contributed by atoms with van der Waals surface area (Å²) in [7, 11) is 0. The maximum atomic E-state index is 13.5. The van der Waals surface area contributed by atoms with Crippen LogP contribution in [-0.4, -0.2) is 28.5 Å². The highest BCUT2D eigenvalue weighted by Crippen LogP contribution is 2.42. The zero-order valence-corrected chi connectivity index (χ0v) is 17.2. The van der Waals surface area contributed by atoms with Crippen molar-refractivity contribution in [1.82, 2.24) is 0 Å². The van der Waals surface area contributed by atoms with Crippen molar-refractivity contribution in [3.63, 3.8) is 0 Å². The van der Waals surface area contributed by atoms with Crippen molar-refractivity contribution in [3.8, 4) is 11.5 Å². The Balaban J connectivity index is 1.88. The quantitative estimate of drug-likeness (QED) is 0.350. The summed E-state index contributed by atoms with van der Waals surface area (Å²) in [6.45, 7) is 2.33. The van der Waals surface area contributed by atoms with Crippen molar-refractivity contribution in [3.05, 3.63) is 95.3 Å². The molecule has 32 heavy (non-hydrogen) atoms. The van der Waals surface area contributed by atoms with Gasteiger partial charge in [-0.3, -0.25) is 14.5 Å². The van der Waals surface area contributed by atoms with Crippen LogP contribution in [0.25, 0.3) is 5.76 Å². The Morgan fingerprint density at radius 1 is 0.969 bits per heavy atom. The lowest BCUT2D eigenvalue weighted by Crippen LogP contribution is -2.29. The zero-order valence-electron chi connectivity index (χ0n) is 17.2. The number of aliphatic hydroxyl groups is 1. The first-order chi connectivity index (χ1) is 15.4. The summed E-state index contributed by atoms with van der Waals surface area (Å²) < 4.78 is 18.9. The van der Waals surface area contributed by atoms with Crippen LogP contribution in [0.1, 0.15) is 24.1 Å². The van der Waals surface area contributed by atoms with Crippen LogP contribution in [0, 0.1) is 5.82 Å². The molecule has 1 aliphatic rings. The number of rotatable bonds is 5. The summed E-state index contributed by atoms with van der Waals surface area (Å²) in [5.41, 5.74) is 1.04. The molecule has 0 radical (unpaired) electrons. The van der Waals surface area contributed by atoms with E-state index in [-0.39, 0.29) is 17.1 Å². The number of ether oxygens (including phenoxy) is 1. The molecular formula is C25H20FNO5. The second kappa shape index (κ2) is 8.55. The van der Waals surface area contributed by atoms with Gasteiger partial charge >= 0.3 is 0 Å². The molecule has 0 bridgehead atoms. The van der Waals surface area contributed by atoms with Crippen LogP contribution in [0.3, 0.4) is 0 Å². The second-order valence-electron chi connectivity index (χ2n) is 7.19. The minimum Gasteiger partial charge on any atom is -0.508 e. The Morgan fingerprint density at radius 2 is 1.59 bits per heavy atom. The molecule has 7 heteroatoms. The Morgan fingerprint density at radius 3 is 2.19 bits per heavy atom. The SMILES string of the molecule is CCOc1ccc(/C(O)=C2\C(=O)C(=O)N(c3ccc(F)cc3)C2c2ccc(O)cc2)cc1. The third kappa shape index (κ3) is 3.80. The van der Waals surface area contributed by atoms with Crippen LogP contribution in [0.5, 0.6) is 11.5 Å². The van der Waals surface area contributed by atoms with E-state index in [1.165, 1.54) is 41.3 Å². The van der Waals surface area contributed by atoms with Crippen molar-refractivity contribution in [1.29, 1.82) is 0 Å². The number of carbonyl (C=O) groups excluding carboxylic acids is 2. The zero-order chi connectivity index (χ0) is 22.8. The number of Topliss-reactive ketones (excluding diaryl/α,β-unsaturated/α-hetero) is 1. The van der Waals surface area contributed by atoms with Gasteiger partial charge < -0.3 is 14.9 Å². The fourth-order valence-electron chi connectivity index (χ4n) is 3.70. The van der Waals surface area contributed by atoms with Gasteiger partial charge in [-0.1, -0.05) is 12.1 Å². The molecule has 2 N–H and O–H groups in total. The lowest BCUT2D eigenvalue weighted by Gasteiger charge is -2.25. The minimum atomic E-state index is -0.965. The first-order valence-corrected chi connectivity index (χ1v) is 9.99. The molecular weight excluding hydrogens is 413 g/mol. The molecule has 6 nitrogen and oxygen atoms in total. The molecule has 3 aromatic rings. The molecule has 0 saturated carbocycles. The van der Waals surface area contributed by atoms with E-state index in [9.17, 15) is 24.2 Å². The Labute approximate surface area is 183 Å². The van der Waals surface area contributed by atoms with Gasteiger partial charge in [0.25, 0.3) is 11.7 Å². The van der Waals surface area contributed by atoms with Gasteiger partial charge in [0.05, 0.1) is 18.2 Å². The number of hydrogen-bond donors (Lipinski definition) is 2. The summed E-state index contributed by atoms with van der Waals surface area (Å²) in [5.74, 6) is -1.92. The maximum Gasteiger partial charge on any atom is 0.300 e. The van der Waals surface area contributed by atoms with Crippen LogP contribution in [0.2, 0.25) is 0 Å². The highest BCUT2D eigenvalue weighted by molar-refractivity contribution is 6.51. The van der Waals surface area contributed by atoms with E-state index in [0.29, 0.717) is 29.2 Å². The number of halogens is 1. The largest absolute Gasteiger partial charge is 0.508 e. The summed E-state index contributed by atoms with van der Waals surface area (Å²) >= 11 is 0. The predicted octanol–water partition coefficient (Wildman–Crippen LogP) is 4.56. The van der Waals surface area contributed by atoms with Gasteiger partial charge in [-0.15, -0.1) is 0 Å². The highest BCUT2D eigenvalue weighted by Gasteiger charge is 2.46. The van der Waals surface area contributed by atoms with Gasteiger partial charge in [0.1, 0.15) is 23.1 Å². The number of nitrogens with zero attached hydrogens (tertiary/aromatic N) is 1. The first-order valence-electron chi connectivity index (χ1n) is 9.99. The molecule has 162 valence electrons. The molecule has 1 atom stereocenters. The standard InChI is InChI=1S/C25H20FNO5/c1-2-32-20-13-5-16(6-14-20)23(29)21-22(15-3-11-19(28)12-4-15)27(25(31)24(21)30)18-9-7-17(26)8-10-18/h3-14,22,28-29H,2H2,1H3/b23-21+. The summed E-state index contributed by atoms with van der Waals surface area (Å²) in [6, 6.07) is 16.7. The first kappa shape index (κ1) is 21.1. The van der Waals surface area contributed by atoms with Gasteiger partial charge in [-0.05, 0) is 73.2 Å². The Bertz CT molecular complexity index is 1180. The van der Waals surface area contributed by atoms with Crippen molar-refractivity contribution >= 4 is 23.1 Å². The molecule has 4 rings (SSSR count). The van der Waals surface area contributed by atoms with Gasteiger partial charge in [-0.25, -0.2) is 4.39 Å². The summed E-state index contributed by atoms with van der Waals surface area (Å²) in [6.07, 6.45) is 0. The van der Waals surface area contributed by atoms with E-state index >= 15 is 0 Å². The molecule has 1 unspecified atom stereocenters. The Hall–Kier alpha value is -4.13. The lowest BCUT2D eigenvalue weighted by molar-refractivity contribution is -0.132. The fourth-order valence-corrected chi connectivity index (χ4v) is 3.70. The summed E-state index contributed by atoms with van der Waals surface area (Å²) in [4.78, 5) is 27.2. The number of aliphatic hydroxyl groups excluding tert-OH is 1. The van der Waals surface area contributed by atoms with E-state index in [1.54, 1.807) is 36.4 Å². The third-order valence-corrected chi connectivity index (χ3v) is 5.20. The molecule has 0 spiro atoms. The average molecular weight is 433 g/mol. The van der Waals surface area contributed by atoms with E-state index in [2.05, 4.69) is 0 Å². The molecule has 1 heterocycles. The maximum absolute atomic E-state index is 13.5. The van der Waals surface area contributed by atoms with Gasteiger partial charge in [-0.2, -0.15) is 0 Å². The fraction of sp³-hybridized carbons (Fsp3) is 0.120. The smallest absolute Gasteiger partial charge is 0.300 e. The van der Waals surface area contributed by atoms with E-state index in [4.69, 9.17) is 4.74 Å². The van der Waals surface area contributed by atoms with Crippen LogP contribution in [0.15, 0.2) is 78.4 Å². The van der Waals surface area contributed by atoms with Crippen LogP contribution < -0.4 is 9.64 Å².